The average molecular weight is 301 g/mol. The molecule has 2 aliphatic carbocycles. The molecule has 0 aromatic carbocycles. The van der Waals surface area contributed by atoms with Gasteiger partial charge in [0.15, 0.2) is 5.78 Å². The van der Waals surface area contributed by atoms with Gasteiger partial charge in [0, 0.05) is 24.2 Å². The Balaban J connectivity index is 2.12. The summed E-state index contributed by atoms with van der Waals surface area (Å²) in [5, 5.41) is 4.26. The number of hydrogen-bond acceptors (Lipinski definition) is 3. The van der Waals surface area contributed by atoms with Crippen molar-refractivity contribution in [2.24, 2.45) is 11.1 Å². The van der Waals surface area contributed by atoms with Crippen LogP contribution in [0.25, 0.3) is 0 Å². The molecule has 0 radical (unpaired) electrons. The first-order chi connectivity index (χ1) is 8.77. The summed E-state index contributed by atoms with van der Waals surface area (Å²) in [6.45, 7) is 4.17. The Morgan fingerprint density at radius 3 is 2.53 bits per heavy atom. The standard InChI is InChI=1S/C14H18Cl2N2O/c1-14(2)6-8(3-9(19)7-14)18-13-5-11(16)10(15)4-12(13)17/h3-5,12-13,18H,6-7,17H2,1-2H3. The maximum absolute atomic E-state index is 11.7. The van der Waals surface area contributed by atoms with E-state index in [2.05, 4.69) is 19.2 Å². The van der Waals surface area contributed by atoms with Gasteiger partial charge in [0.05, 0.1) is 16.1 Å². The number of hydrogen-bond donors (Lipinski definition) is 2. The summed E-state index contributed by atoms with van der Waals surface area (Å²) in [6, 6.07) is -0.390. The van der Waals surface area contributed by atoms with Gasteiger partial charge in [-0.25, -0.2) is 0 Å². The lowest BCUT2D eigenvalue weighted by Crippen LogP contribution is -2.45. The summed E-state index contributed by atoms with van der Waals surface area (Å²) in [6.07, 6.45) is 6.58. The molecule has 0 aliphatic heterocycles. The van der Waals surface area contributed by atoms with Crippen molar-refractivity contribution < 1.29 is 4.79 Å². The molecule has 3 nitrogen and oxygen atoms in total. The molecule has 104 valence electrons. The number of rotatable bonds is 2. The van der Waals surface area contributed by atoms with Crippen molar-refractivity contribution in [1.82, 2.24) is 5.32 Å². The zero-order valence-electron chi connectivity index (χ0n) is 11.0. The number of allylic oxidation sites excluding steroid dienone is 4. The highest BCUT2D eigenvalue weighted by Crippen LogP contribution is 2.33. The minimum absolute atomic E-state index is 0.0199. The zero-order valence-corrected chi connectivity index (χ0v) is 12.6. The third kappa shape index (κ3) is 3.62. The van der Waals surface area contributed by atoms with Crippen LogP contribution in [0, 0.1) is 5.41 Å². The number of carbonyl (C=O) groups excluding carboxylic acids is 1. The maximum atomic E-state index is 11.7. The number of halogens is 2. The molecule has 0 spiro atoms. The summed E-state index contributed by atoms with van der Waals surface area (Å²) in [4.78, 5) is 11.7. The Labute approximate surface area is 123 Å². The highest BCUT2D eigenvalue weighted by Gasteiger charge is 2.29. The van der Waals surface area contributed by atoms with Crippen LogP contribution in [0.5, 0.6) is 0 Å². The summed E-state index contributed by atoms with van der Waals surface area (Å²) in [5.74, 6) is 0.145. The van der Waals surface area contributed by atoms with Gasteiger partial charge in [-0.1, -0.05) is 37.0 Å². The highest BCUT2D eigenvalue weighted by molar-refractivity contribution is 6.44. The Hall–Kier alpha value is -0.770. The first kappa shape index (κ1) is 14.6. The minimum Gasteiger partial charge on any atom is -0.380 e. The van der Waals surface area contributed by atoms with E-state index in [1.165, 1.54) is 0 Å². The topological polar surface area (TPSA) is 55.1 Å². The van der Waals surface area contributed by atoms with E-state index in [1.807, 2.05) is 0 Å². The van der Waals surface area contributed by atoms with Gasteiger partial charge in [-0.2, -0.15) is 0 Å². The van der Waals surface area contributed by atoms with Crippen molar-refractivity contribution in [2.45, 2.75) is 38.8 Å². The summed E-state index contributed by atoms with van der Waals surface area (Å²) < 4.78 is 0. The van der Waals surface area contributed by atoms with Crippen LogP contribution < -0.4 is 11.1 Å². The molecule has 0 aromatic rings. The minimum atomic E-state index is -0.254. The third-order valence-electron chi connectivity index (χ3n) is 3.32. The Kier molecular flexibility index (Phi) is 4.09. The molecular formula is C14H18Cl2N2O. The second-order valence-corrected chi connectivity index (χ2v) is 6.74. The van der Waals surface area contributed by atoms with E-state index in [0.29, 0.717) is 16.5 Å². The van der Waals surface area contributed by atoms with Crippen LogP contribution in [0.1, 0.15) is 26.7 Å². The Bertz CT molecular complexity index is 492. The number of carbonyl (C=O) groups is 1. The molecule has 0 saturated heterocycles. The van der Waals surface area contributed by atoms with Gasteiger partial charge in [0.2, 0.25) is 0 Å². The second-order valence-electron chi connectivity index (χ2n) is 5.93. The van der Waals surface area contributed by atoms with Crippen LogP contribution >= 0.6 is 23.2 Å². The Morgan fingerprint density at radius 2 is 1.89 bits per heavy atom. The zero-order chi connectivity index (χ0) is 14.2. The van der Waals surface area contributed by atoms with Gasteiger partial charge in [0.1, 0.15) is 0 Å². The lowest BCUT2D eigenvalue weighted by molar-refractivity contribution is -0.117. The fourth-order valence-corrected chi connectivity index (χ4v) is 2.90. The third-order valence-corrected chi connectivity index (χ3v) is 4.07. The van der Waals surface area contributed by atoms with Gasteiger partial charge in [-0.3, -0.25) is 4.79 Å². The van der Waals surface area contributed by atoms with Crippen molar-refractivity contribution in [2.75, 3.05) is 0 Å². The fourth-order valence-electron chi connectivity index (χ4n) is 2.49. The molecule has 3 N–H and O–H groups in total. The van der Waals surface area contributed by atoms with Crippen LogP contribution in [0.3, 0.4) is 0 Å². The van der Waals surface area contributed by atoms with Crippen molar-refractivity contribution in [1.29, 1.82) is 0 Å². The van der Waals surface area contributed by atoms with Crippen molar-refractivity contribution in [3.05, 3.63) is 34.0 Å². The van der Waals surface area contributed by atoms with E-state index < -0.39 is 0 Å². The molecule has 0 amide bonds. The van der Waals surface area contributed by atoms with E-state index in [-0.39, 0.29) is 23.3 Å². The molecule has 2 aliphatic rings. The van der Waals surface area contributed by atoms with Gasteiger partial charge in [0.25, 0.3) is 0 Å². The molecule has 5 heteroatoms. The molecule has 0 saturated carbocycles. The average Bonchev–Trinajstić information content (AvgIpc) is 2.22. The first-order valence-electron chi connectivity index (χ1n) is 6.27. The maximum Gasteiger partial charge on any atom is 0.157 e. The predicted octanol–water partition coefficient (Wildman–Crippen LogP) is 2.80. The number of ketones is 1. The molecule has 2 unspecified atom stereocenters. The van der Waals surface area contributed by atoms with Crippen LogP contribution in [0.2, 0.25) is 0 Å². The summed E-state index contributed by atoms with van der Waals surface area (Å²) in [7, 11) is 0. The first-order valence-corrected chi connectivity index (χ1v) is 7.03. The molecular weight excluding hydrogens is 283 g/mol. The van der Waals surface area contributed by atoms with Gasteiger partial charge >= 0.3 is 0 Å². The van der Waals surface area contributed by atoms with E-state index in [0.717, 1.165) is 12.1 Å². The van der Waals surface area contributed by atoms with Gasteiger partial charge in [-0.15, -0.1) is 0 Å². The van der Waals surface area contributed by atoms with E-state index in [9.17, 15) is 4.79 Å². The van der Waals surface area contributed by atoms with Gasteiger partial charge < -0.3 is 11.1 Å². The quantitative estimate of drug-likeness (QED) is 0.824. The monoisotopic (exact) mass is 300 g/mol. The number of nitrogens with two attached hydrogens (primary N) is 1. The molecule has 2 rings (SSSR count). The molecule has 0 fully saturated rings. The molecule has 19 heavy (non-hydrogen) atoms. The van der Waals surface area contributed by atoms with Crippen LogP contribution in [0.15, 0.2) is 34.0 Å². The molecule has 0 heterocycles. The molecule has 2 atom stereocenters. The summed E-state index contributed by atoms with van der Waals surface area (Å²) in [5.41, 5.74) is 6.90. The van der Waals surface area contributed by atoms with Crippen LogP contribution in [-0.2, 0) is 4.79 Å². The SMILES string of the molecule is CC1(C)CC(=O)C=C(NC2C=C(Cl)C(Cl)=CC2N)C1. The predicted molar refractivity (Wildman–Crippen MR) is 78.9 cm³/mol. The molecule has 0 aromatic heterocycles. The van der Waals surface area contributed by atoms with Crippen molar-refractivity contribution >= 4 is 29.0 Å². The van der Waals surface area contributed by atoms with E-state index in [1.54, 1.807) is 18.2 Å². The highest BCUT2D eigenvalue weighted by atomic mass is 35.5. The number of nitrogens with one attached hydrogen (secondary N) is 1. The second kappa shape index (κ2) is 5.31. The lowest BCUT2D eigenvalue weighted by atomic mass is 9.78. The van der Waals surface area contributed by atoms with Gasteiger partial charge in [-0.05, 0) is 24.0 Å². The van der Waals surface area contributed by atoms with Crippen LogP contribution in [-0.4, -0.2) is 17.9 Å². The fraction of sp³-hybridized carbons (Fsp3) is 0.500. The lowest BCUT2D eigenvalue weighted by Gasteiger charge is -2.33. The normalized spacial score (nSPS) is 30.4. The molecule has 0 bridgehead atoms. The van der Waals surface area contributed by atoms with E-state index >= 15 is 0 Å². The Morgan fingerprint density at radius 1 is 1.26 bits per heavy atom. The van der Waals surface area contributed by atoms with Crippen molar-refractivity contribution in [3.63, 3.8) is 0 Å². The van der Waals surface area contributed by atoms with Crippen molar-refractivity contribution in [3.8, 4) is 0 Å². The van der Waals surface area contributed by atoms with E-state index in [4.69, 9.17) is 28.9 Å². The summed E-state index contributed by atoms with van der Waals surface area (Å²) >= 11 is 11.9. The smallest absolute Gasteiger partial charge is 0.157 e. The largest absolute Gasteiger partial charge is 0.380 e. The van der Waals surface area contributed by atoms with Crippen LogP contribution in [0.4, 0.5) is 0 Å².